The minimum Gasteiger partial charge on any atom is -0.348 e. The van der Waals surface area contributed by atoms with Gasteiger partial charge in [-0.1, -0.05) is 31.8 Å². The highest BCUT2D eigenvalue weighted by Gasteiger charge is 2.32. The number of sulfonamides is 1. The fourth-order valence-electron chi connectivity index (χ4n) is 3.15. The summed E-state index contributed by atoms with van der Waals surface area (Å²) in [5.74, 6) is 0.712. The molecule has 1 heterocycles. The van der Waals surface area contributed by atoms with E-state index in [4.69, 9.17) is 6.42 Å². The maximum absolute atomic E-state index is 14.4. The van der Waals surface area contributed by atoms with Gasteiger partial charge in [-0.05, 0) is 48.2 Å². The van der Waals surface area contributed by atoms with Gasteiger partial charge in [0.2, 0.25) is 15.9 Å². The van der Waals surface area contributed by atoms with Gasteiger partial charge in [-0.2, -0.15) is 13.2 Å². The van der Waals surface area contributed by atoms with Crippen molar-refractivity contribution in [2.75, 3.05) is 11.0 Å². The fraction of sp³-hybridized carbons (Fsp3) is 0.333. The summed E-state index contributed by atoms with van der Waals surface area (Å²) in [6.07, 6.45) is 6.85. The van der Waals surface area contributed by atoms with Crippen LogP contribution in [0.3, 0.4) is 0 Å². The molecular formula is C24H25F4N3O3S. The second-order valence-corrected chi connectivity index (χ2v) is 9.51. The Labute approximate surface area is 201 Å². The number of hydrogen-bond acceptors (Lipinski definition) is 4. The van der Waals surface area contributed by atoms with E-state index < -0.39 is 33.6 Å². The van der Waals surface area contributed by atoms with Gasteiger partial charge in [-0.3, -0.25) is 9.52 Å². The largest absolute Gasteiger partial charge is 0.433 e. The van der Waals surface area contributed by atoms with E-state index in [2.05, 4.69) is 16.2 Å². The molecule has 0 fully saturated rings. The van der Waals surface area contributed by atoms with Crippen molar-refractivity contribution in [3.63, 3.8) is 0 Å². The lowest BCUT2D eigenvalue weighted by molar-refractivity contribution is -0.141. The Hall–Kier alpha value is -3.39. The molecule has 0 unspecified atom stereocenters. The van der Waals surface area contributed by atoms with E-state index in [1.54, 1.807) is 0 Å². The second-order valence-electron chi connectivity index (χ2n) is 7.76. The number of anilines is 1. The van der Waals surface area contributed by atoms with Gasteiger partial charge in [0, 0.05) is 18.3 Å². The van der Waals surface area contributed by atoms with E-state index >= 15 is 0 Å². The number of benzene rings is 1. The summed E-state index contributed by atoms with van der Waals surface area (Å²) in [5.41, 5.74) is -0.482. The molecule has 0 aliphatic carbocycles. The zero-order chi connectivity index (χ0) is 26.2. The standard InChI is InChI=1S/C24H25F4N3O3S/c1-4-6-7-8-20-18(9-11-21(30-20)24(26,27)28)10-12-22(32)29-15-16-13-17(5-2)23(19(25)14-16)31-35(3,33)34/h2,9-14,31H,4,6-8,15H2,1,3H3,(H,29,32). The molecule has 0 aliphatic heterocycles. The van der Waals surface area contributed by atoms with Crippen LogP contribution in [0.15, 0.2) is 30.3 Å². The van der Waals surface area contributed by atoms with Crippen LogP contribution in [0.1, 0.15) is 54.3 Å². The number of nitrogens with zero attached hydrogens (tertiary/aromatic N) is 1. The van der Waals surface area contributed by atoms with Crippen LogP contribution in [-0.4, -0.2) is 25.6 Å². The van der Waals surface area contributed by atoms with Crippen molar-refractivity contribution >= 4 is 27.7 Å². The number of aryl methyl sites for hydroxylation is 1. The Morgan fingerprint density at radius 2 is 1.94 bits per heavy atom. The number of terminal acetylenes is 1. The fourth-order valence-corrected chi connectivity index (χ4v) is 3.72. The molecule has 0 saturated carbocycles. The van der Waals surface area contributed by atoms with E-state index in [0.29, 0.717) is 18.4 Å². The molecule has 0 radical (unpaired) electrons. The number of unbranched alkanes of at least 4 members (excludes halogenated alkanes) is 2. The van der Waals surface area contributed by atoms with Crippen molar-refractivity contribution < 1.29 is 30.8 Å². The summed E-state index contributed by atoms with van der Waals surface area (Å²) in [7, 11) is -3.76. The molecule has 1 amide bonds. The van der Waals surface area contributed by atoms with Crippen LogP contribution < -0.4 is 10.0 Å². The van der Waals surface area contributed by atoms with Crippen LogP contribution in [0.5, 0.6) is 0 Å². The van der Waals surface area contributed by atoms with Crippen LogP contribution in [0.25, 0.3) is 6.08 Å². The van der Waals surface area contributed by atoms with Gasteiger partial charge >= 0.3 is 6.18 Å². The number of hydrogen-bond donors (Lipinski definition) is 2. The molecule has 2 aromatic rings. The Kier molecular flexibility index (Phi) is 9.42. The molecule has 0 saturated heterocycles. The third-order valence-electron chi connectivity index (χ3n) is 4.79. The van der Waals surface area contributed by atoms with Crippen LogP contribution in [0.2, 0.25) is 0 Å². The average Bonchev–Trinajstić information content (AvgIpc) is 2.76. The molecule has 0 spiro atoms. The third-order valence-corrected chi connectivity index (χ3v) is 5.37. The molecule has 11 heteroatoms. The molecule has 2 N–H and O–H groups in total. The molecule has 6 nitrogen and oxygen atoms in total. The highest BCUT2D eigenvalue weighted by Crippen LogP contribution is 2.29. The Bertz CT molecular complexity index is 1250. The topological polar surface area (TPSA) is 88.2 Å². The smallest absolute Gasteiger partial charge is 0.348 e. The van der Waals surface area contributed by atoms with Gasteiger partial charge in [0.05, 0.1) is 17.5 Å². The van der Waals surface area contributed by atoms with Crippen molar-refractivity contribution in [2.45, 2.75) is 45.3 Å². The van der Waals surface area contributed by atoms with Gasteiger partial charge in [-0.15, -0.1) is 6.42 Å². The Morgan fingerprint density at radius 1 is 1.23 bits per heavy atom. The number of nitrogens with one attached hydrogen (secondary N) is 2. The van der Waals surface area contributed by atoms with Crippen LogP contribution >= 0.6 is 0 Å². The number of halogens is 4. The summed E-state index contributed by atoms with van der Waals surface area (Å²) in [6.45, 7) is 1.85. The van der Waals surface area contributed by atoms with E-state index in [0.717, 1.165) is 37.3 Å². The minimum absolute atomic E-state index is 0.0391. The highest BCUT2D eigenvalue weighted by molar-refractivity contribution is 7.92. The minimum atomic E-state index is -4.57. The summed E-state index contributed by atoms with van der Waals surface area (Å²) in [6, 6.07) is 4.51. The lowest BCUT2D eigenvalue weighted by atomic mass is 10.1. The van der Waals surface area contributed by atoms with Crippen molar-refractivity contribution in [1.82, 2.24) is 10.3 Å². The average molecular weight is 512 g/mol. The zero-order valence-corrected chi connectivity index (χ0v) is 20.0. The first kappa shape index (κ1) is 27.9. The number of carbonyl (C=O) groups is 1. The molecule has 0 bridgehead atoms. The number of rotatable bonds is 10. The zero-order valence-electron chi connectivity index (χ0n) is 19.2. The maximum Gasteiger partial charge on any atom is 0.433 e. The molecule has 0 aliphatic rings. The first-order chi connectivity index (χ1) is 16.3. The summed E-state index contributed by atoms with van der Waals surface area (Å²) in [4.78, 5) is 16.0. The molecular weight excluding hydrogens is 486 g/mol. The third kappa shape index (κ3) is 8.72. The van der Waals surface area contributed by atoms with Crippen LogP contribution in [-0.2, 0) is 34.0 Å². The number of carbonyl (C=O) groups excluding carboxylic acids is 1. The first-order valence-electron chi connectivity index (χ1n) is 10.6. The molecule has 188 valence electrons. The van der Waals surface area contributed by atoms with E-state index in [-0.39, 0.29) is 29.1 Å². The highest BCUT2D eigenvalue weighted by atomic mass is 32.2. The predicted molar refractivity (Wildman–Crippen MR) is 126 cm³/mol. The SMILES string of the molecule is C#Cc1cc(CNC(=O)C=Cc2ccc(C(F)(F)F)nc2CCCCC)cc(F)c1NS(C)(=O)=O. The predicted octanol–water partition coefficient (Wildman–Crippen LogP) is 4.65. The van der Waals surface area contributed by atoms with Crippen LogP contribution in [0, 0.1) is 18.2 Å². The number of pyridine rings is 1. The molecule has 2 rings (SSSR count). The van der Waals surface area contributed by atoms with Crippen molar-refractivity contribution in [3.8, 4) is 12.3 Å². The molecule has 35 heavy (non-hydrogen) atoms. The second kappa shape index (κ2) is 11.8. The number of alkyl halides is 3. The monoisotopic (exact) mass is 511 g/mol. The van der Waals surface area contributed by atoms with Crippen molar-refractivity contribution in [1.29, 1.82) is 0 Å². The van der Waals surface area contributed by atoms with Crippen molar-refractivity contribution in [2.24, 2.45) is 0 Å². The summed E-state index contributed by atoms with van der Waals surface area (Å²) < 4.78 is 78.3. The Balaban J connectivity index is 2.15. The molecule has 1 aromatic heterocycles. The van der Waals surface area contributed by atoms with E-state index in [1.807, 2.05) is 11.6 Å². The maximum atomic E-state index is 14.4. The van der Waals surface area contributed by atoms with Crippen LogP contribution in [0.4, 0.5) is 23.2 Å². The van der Waals surface area contributed by atoms with Crippen molar-refractivity contribution in [3.05, 3.63) is 64.2 Å². The summed E-state index contributed by atoms with van der Waals surface area (Å²) >= 11 is 0. The van der Waals surface area contributed by atoms with Gasteiger partial charge in [-0.25, -0.2) is 17.8 Å². The first-order valence-corrected chi connectivity index (χ1v) is 12.5. The lowest BCUT2D eigenvalue weighted by Crippen LogP contribution is -2.21. The molecule has 1 aromatic carbocycles. The lowest BCUT2D eigenvalue weighted by Gasteiger charge is -2.11. The number of amides is 1. The Morgan fingerprint density at radius 3 is 2.54 bits per heavy atom. The summed E-state index contributed by atoms with van der Waals surface area (Å²) in [5, 5.41) is 2.52. The van der Waals surface area contributed by atoms with Gasteiger partial charge in [0.1, 0.15) is 11.5 Å². The normalized spacial score (nSPS) is 11.9. The van der Waals surface area contributed by atoms with Gasteiger partial charge in [0.25, 0.3) is 0 Å². The number of aromatic nitrogens is 1. The van der Waals surface area contributed by atoms with Gasteiger partial charge in [0.15, 0.2) is 0 Å². The molecule has 0 atom stereocenters. The van der Waals surface area contributed by atoms with E-state index in [1.165, 1.54) is 18.2 Å². The van der Waals surface area contributed by atoms with E-state index in [9.17, 15) is 30.8 Å². The quantitative estimate of drug-likeness (QED) is 0.210. The van der Waals surface area contributed by atoms with Gasteiger partial charge < -0.3 is 5.32 Å².